The zero-order valence-corrected chi connectivity index (χ0v) is 14.5. The highest BCUT2D eigenvalue weighted by atomic mass is 16.2. The monoisotopic (exact) mass is 343 g/mol. The van der Waals surface area contributed by atoms with E-state index in [1.165, 1.54) is 0 Å². The van der Waals surface area contributed by atoms with E-state index >= 15 is 0 Å². The first kappa shape index (κ1) is 17.6. The topological polar surface area (TPSA) is 46.2 Å². The Hall–Kier alpha value is -3.20. The van der Waals surface area contributed by atoms with E-state index in [2.05, 4.69) is 5.32 Å². The average Bonchev–Trinajstić information content (AvgIpc) is 2.72. The SMILES string of the molecule is O=C(CCC(=O)c1ccc(-c2ccccc2)cc1)NCc1ccccc1. The van der Waals surface area contributed by atoms with Crippen LogP contribution < -0.4 is 5.32 Å². The smallest absolute Gasteiger partial charge is 0.220 e. The molecule has 0 spiro atoms. The molecule has 1 N–H and O–H groups in total. The molecule has 3 aromatic carbocycles. The molecule has 0 heterocycles. The number of Topliss-reactive ketones (excluding diaryl/α,β-unsaturated/α-hetero) is 1. The summed E-state index contributed by atoms with van der Waals surface area (Å²) in [6.07, 6.45) is 0.414. The van der Waals surface area contributed by atoms with E-state index in [9.17, 15) is 9.59 Å². The maximum atomic E-state index is 12.3. The lowest BCUT2D eigenvalue weighted by Crippen LogP contribution is -2.23. The fraction of sp³-hybridized carbons (Fsp3) is 0.130. The molecule has 0 radical (unpaired) electrons. The van der Waals surface area contributed by atoms with E-state index in [4.69, 9.17) is 0 Å². The summed E-state index contributed by atoms with van der Waals surface area (Å²) in [7, 11) is 0. The van der Waals surface area contributed by atoms with E-state index < -0.39 is 0 Å². The van der Waals surface area contributed by atoms with Crippen LogP contribution in [0.2, 0.25) is 0 Å². The molecule has 0 aromatic heterocycles. The molecule has 1 amide bonds. The van der Waals surface area contributed by atoms with Gasteiger partial charge in [0, 0.05) is 24.9 Å². The third kappa shape index (κ3) is 4.90. The molecule has 3 heteroatoms. The zero-order chi connectivity index (χ0) is 18.2. The highest BCUT2D eigenvalue weighted by molar-refractivity contribution is 5.98. The van der Waals surface area contributed by atoms with Crippen LogP contribution in [0, 0.1) is 0 Å². The van der Waals surface area contributed by atoms with Gasteiger partial charge < -0.3 is 5.32 Å². The minimum atomic E-state index is -0.108. The Morgan fingerprint density at radius 2 is 1.23 bits per heavy atom. The van der Waals surface area contributed by atoms with Gasteiger partial charge in [-0.2, -0.15) is 0 Å². The van der Waals surface area contributed by atoms with Crippen LogP contribution in [0.15, 0.2) is 84.9 Å². The minimum Gasteiger partial charge on any atom is -0.352 e. The number of hydrogen-bond donors (Lipinski definition) is 1. The largest absolute Gasteiger partial charge is 0.352 e. The molecule has 3 rings (SSSR count). The number of nitrogens with one attached hydrogen (secondary N) is 1. The highest BCUT2D eigenvalue weighted by Gasteiger charge is 2.09. The van der Waals surface area contributed by atoms with Crippen LogP contribution >= 0.6 is 0 Å². The number of amides is 1. The lowest BCUT2D eigenvalue weighted by Gasteiger charge is -2.06. The summed E-state index contributed by atoms with van der Waals surface area (Å²) in [6.45, 7) is 0.486. The molecule has 3 nitrogen and oxygen atoms in total. The first-order valence-corrected chi connectivity index (χ1v) is 8.72. The molecule has 0 bridgehead atoms. The Labute approximate surface area is 153 Å². The Balaban J connectivity index is 1.49. The molecule has 0 atom stereocenters. The van der Waals surface area contributed by atoms with Crippen molar-refractivity contribution in [3.63, 3.8) is 0 Å². The quantitative estimate of drug-likeness (QED) is 0.636. The van der Waals surface area contributed by atoms with Crippen molar-refractivity contribution in [2.45, 2.75) is 19.4 Å². The van der Waals surface area contributed by atoms with Crippen LogP contribution in [0.3, 0.4) is 0 Å². The molecule has 0 saturated carbocycles. The summed E-state index contributed by atoms with van der Waals surface area (Å²) in [4.78, 5) is 24.2. The lowest BCUT2D eigenvalue weighted by atomic mass is 10.0. The van der Waals surface area contributed by atoms with E-state index in [-0.39, 0.29) is 24.5 Å². The maximum absolute atomic E-state index is 12.3. The van der Waals surface area contributed by atoms with E-state index in [0.717, 1.165) is 16.7 Å². The van der Waals surface area contributed by atoms with Gasteiger partial charge in [-0.15, -0.1) is 0 Å². The highest BCUT2D eigenvalue weighted by Crippen LogP contribution is 2.19. The van der Waals surface area contributed by atoms with Crippen molar-refractivity contribution < 1.29 is 9.59 Å². The van der Waals surface area contributed by atoms with Gasteiger partial charge >= 0.3 is 0 Å². The Morgan fingerprint density at radius 3 is 1.88 bits per heavy atom. The summed E-state index contributed by atoms with van der Waals surface area (Å²) in [5.74, 6) is -0.123. The number of hydrogen-bond acceptors (Lipinski definition) is 2. The molecule has 0 aliphatic heterocycles. The predicted molar refractivity (Wildman–Crippen MR) is 104 cm³/mol. The van der Waals surface area contributed by atoms with Crippen molar-refractivity contribution in [3.05, 3.63) is 96.1 Å². The van der Waals surface area contributed by atoms with Crippen molar-refractivity contribution in [2.24, 2.45) is 0 Å². The molecular weight excluding hydrogens is 322 g/mol. The number of carbonyl (C=O) groups is 2. The van der Waals surface area contributed by atoms with Crippen LogP contribution in [-0.2, 0) is 11.3 Å². The van der Waals surface area contributed by atoms with Gasteiger partial charge in [-0.05, 0) is 16.7 Å². The second kappa shape index (κ2) is 8.77. The third-order valence-electron chi connectivity index (χ3n) is 4.23. The fourth-order valence-corrected chi connectivity index (χ4v) is 2.74. The molecule has 0 unspecified atom stereocenters. The Morgan fingerprint density at radius 1 is 0.654 bits per heavy atom. The second-order valence-corrected chi connectivity index (χ2v) is 6.13. The van der Waals surface area contributed by atoms with Crippen LogP contribution in [0.25, 0.3) is 11.1 Å². The van der Waals surface area contributed by atoms with Crippen molar-refractivity contribution in [2.75, 3.05) is 0 Å². The van der Waals surface area contributed by atoms with E-state index in [1.807, 2.05) is 84.9 Å². The van der Waals surface area contributed by atoms with Crippen LogP contribution in [0.4, 0.5) is 0 Å². The summed E-state index contributed by atoms with van der Waals surface area (Å²) < 4.78 is 0. The van der Waals surface area contributed by atoms with Crippen molar-refractivity contribution in [1.29, 1.82) is 0 Å². The summed E-state index contributed by atoms with van der Waals surface area (Å²) >= 11 is 0. The number of benzene rings is 3. The minimum absolute atomic E-state index is 0.0144. The summed E-state index contributed by atoms with van der Waals surface area (Å²) in [5, 5.41) is 2.85. The zero-order valence-electron chi connectivity index (χ0n) is 14.5. The van der Waals surface area contributed by atoms with Gasteiger partial charge in [0.25, 0.3) is 0 Å². The van der Waals surface area contributed by atoms with Gasteiger partial charge in [-0.3, -0.25) is 9.59 Å². The van der Waals surface area contributed by atoms with Crippen molar-refractivity contribution in [1.82, 2.24) is 5.32 Å². The first-order chi connectivity index (χ1) is 12.7. The van der Waals surface area contributed by atoms with Crippen LogP contribution in [-0.4, -0.2) is 11.7 Å². The Kier molecular flexibility index (Phi) is 5.94. The normalized spacial score (nSPS) is 10.3. The lowest BCUT2D eigenvalue weighted by molar-refractivity contribution is -0.121. The third-order valence-corrected chi connectivity index (χ3v) is 4.23. The molecule has 130 valence electrons. The van der Waals surface area contributed by atoms with Gasteiger partial charge in [0.1, 0.15) is 0 Å². The average molecular weight is 343 g/mol. The van der Waals surface area contributed by atoms with Gasteiger partial charge in [0.05, 0.1) is 0 Å². The molecule has 0 aliphatic rings. The molecule has 3 aromatic rings. The van der Waals surface area contributed by atoms with E-state index in [0.29, 0.717) is 12.1 Å². The molecule has 0 aliphatic carbocycles. The first-order valence-electron chi connectivity index (χ1n) is 8.72. The van der Waals surface area contributed by atoms with Gasteiger partial charge in [-0.1, -0.05) is 84.9 Å². The second-order valence-electron chi connectivity index (χ2n) is 6.13. The summed E-state index contributed by atoms with van der Waals surface area (Å²) in [6, 6.07) is 27.3. The van der Waals surface area contributed by atoms with Crippen LogP contribution in [0.1, 0.15) is 28.8 Å². The van der Waals surface area contributed by atoms with E-state index in [1.54, 1.807) is 0 Å². The van der Waals surface area contributed by atoms with Crippen molar-refractivity contribution >= 4 is 11.7 Å². The predicted octanol–water partition coefficient (Wildman–Crippen LogP) is 4.63. The fourth-order valence-electron chi connectivity index (χ4n) is 2.74. The number of carbonyl (C=O) groups excluding carboxylic acids is 2. The molecule has 26 heavy (non-hydrogen) atoms. The Bertz CT molecular complexity index is 856. The van der Waals surface area contributed by atoms with Crippen molar-refractivity contribution in [3.8, 4) is 11.1 Å². The van der Waals surface area contributed by atoms with Gasteiger partial charge in [-0.25, -0.2) is 0 Å². The van der Waals surface area contributed by atoms with Gasteiger partial charge in [0.2, 0.25) is 5.91 Å². The number of rotatable bonds is 7. The number of ketones is 1. The van der Waals surface area contributed by atoms with Crippen LogP contribution in [0.5, 0.6) is 0 Å². The molecular formula is C23H21NO2. The molecule has 0 saturated heterocycles. The van der Waals surface area contributed by atoms with Gasteiger partial charge in [0.15, 0.2) is 5.78 Å². The standard InChI is InChI=1S/C23H21NO2/c25-22(15-16-23(26)24-17-18-7-3-1-4-8-18)21-13-11-20(12-14-21)19-9-5-2-6-10-19/h1-14H,15-17H2,(H,24,26). The summed E-state index contributed by atoms with van der Waals surface area (Å²) in [5.41, 5.74) is 3.87. The molecule has 0 fully saturated rings. The maximum Gasteiger partial charge on any atom is 0.220 e.